The van der Waals surface area contributed by atoms with Gasteiger partial charge in [0, 0.05) is 24.2 Å². The standard InChI is InChI=1S/C18H15N5O/c24-18(14-6-2-1-3-7-14)23-22-17(16-8-4-5-11-20-16)21-15-9-12-19-13-10-15/h1-13H,(H,23,24)(H,19,21,22). The molecule has 2 N–H and O–H groups in total. The third-order valence-electron chi connectivity index (χ3n) is 3.14. The molecule has 0 radical (unpaired) electrons. The Morgan fingerprint density at radius 3 is 2.29 bits per heavy atom. The molecule has 0 saturated carbocycles. The van der Waals surface area contributed by atoms with E-state index in [4.69, 9.17) is 0 Å². The highest BCUT2D eigenvalue weighted by Crippen LogP contribution is 2.10. The number of carbonyl (C=O) groups excluding carboxylic acids is 1. The Bertz CT molecular complexity index is 820. The molecule has 2 heterocycles. The quantitative estimate of drug-likeness (QED) is 0.442. The molecule has 0 unspecified atom stereocenters. The number of nitrogens with one attached hydrogen (secondary N) is 2. The van der Waals surface area contributed by atoms with Crippen LogP contribution < -0.4 is 10.9 Å². The minimum absolute atomic E-state index is 0.256. The van der Waals surface area contributed by atoms with Crippen LogP contribution in [0.25, 0.3) is 0 Å². The first kappa shape index (κ1) is 15.4. The van der Waals surface area contributed by atoms with Crippen LogP contribution in [0.3, 0.4) is 0 Å². The number of amides is 1. The number of hydrogen-bond acceptors (Lipinski definition) is 4. The van der Waals surface area contributed by atoms with Gasteiger partial charge in [-0.05, 0) is 36.4 Å². The van der Waals surface area contributed by atoms with E-state index in [2.05, 4.69) is 25.8 Å². The van der Waals surface area contributed by atoms with Crippen molar-refractivity contribution in [1.29, 1.82) is 0 Å². The zero-order valence-corrected chi connectivity index (χ0v) is 12.8. The molecular weight excluding hydrogens is 302 g/mol. The van der Waals surface area contributed by atoms with Crippen molar-refractivity contribution < 1.29 is 4.79 Å². The van der Waals surface area contributed by atoms with Gasteiger partial charge < -0.3 is 0 Å². The van der Waals surface area contributed by atoms with Crippen LogP contribution in [0, 0.1) is 0 Å². The molecule has 0 fully saturated rings. The maximum Gasteiger partial charge on any atom is 0.269 e. The number of hydrogen-bond donors (Lipinski definition) is 2. The molecule has 3 rings (SSSR count). The van der Waals surface area contributed by atoms with Gasteiger partial charge in [0.2, 0.25) is 0 Å². The topological polar surface area (TPSA) is 79.3 Å². The molecule has 2 aromatic heterocycles. The molecule has 0 aliphatic carbocycles. The summed E-state index contributed by atoms with van der Waals surface area (Å²) in [5.41, 5.74) is 7.36. The van der Waals surface area contributed by atoms with E-state index in [1.54, 1.807) is 55.0 Å². The number of nitrogens with zero attached hydrogens (tertiary/aromatic N) is 3. The molecule has 0 saturated heterocycles. The van der Waals surface area contributed by atoms with Gasteiger partial charge in [0.05, 0.1) is 5.69 Å². The number of benzene rings is 1. The van der Waals surface area contributed by atoms with Crippen molar-refractivity contribution in [2.75, 3.05) is 0 Å². The minimum atomic E-state index is -0.256. The average molecular weight is 317 g/mol. The van der Waals surface area contributed by atoms with Gasteiger partial charge in [0.15, 0.2) is 5.84 Å². The second-order valence-electron chi connectivity index (χ2n) is 4.83. The molecule has 0 bridgehead atoms. The zero-order chi connectivity index (χ0) is 16.6. The van der Waals surface area contributed by atoms with Crippen molar-refractivity contribution in [3.63, 3.8) is 0 Å². The largest absolute Gasteiger partial charge is 0.280 e. The third kappa shape index (κ3) is 4.01. The number of rotatable bonds is 3. The first-order valence-corrected chi connectivity index (χ1v) is 7.34. The molecule has 118 valence electrons. The summed E-state index contributed by atoms with van der Waals surface area (Å²) in [5, 5.41) is 0. The lowest BCUT2D eigenvalue weighted by Gasteiger charge is -2.11. The smallest absolute Gasteiger partial charge is 0.269 e. The Kier molecular flexibility index (Phi) is 4.89. The van der Waals surface area contributed by atoms with Crippen LogP contribution in [-0.4, -0.2) is 21.7 Å². The van der Waals surface area contributed by atoms with Gasteiger partial charge in [-0.25, -0.2) is 4.99 Å². The van der Waals surface area contributed by atoms with Crippen LogP contribution in [0.5, 0.6) is 0 Å². The average Bonchev–Trinajstić information content (AvgIpc) is 2.67. The highest BCUT2D eigenvalue weighted by atomic mass is 16.2. The van der Waals surface area contributed by atoms with Gasteiger partial charge in [0.25, 0.3) is 5.91 Å². The maximum absolute atomic E-state index is 12.2. The van der Waals surface area contributed by atoms with E-state index in [-0.39, 0.29) is 5.91 Å². The molecule has 0 atom stereocenters. The van der Waals surface area contributed by atoms with Gasteiger partial charge in [0.1, 0.15) is 5.69 Å². The predicted octanol–water partition coefficient (Wildman–Crippen LogP) is 2.49. The summed E-state index contributed by atoms with van der Waals surface area (Å²) in [6, 6.07) is 17.9. The van der Waals surface area contributed by atoms with Crippen LogP contribution in [0.15, 0.2) is 84.2 Å². The molecule has 0 aliphatic heterocycles. The Morgan fingerprint density at radius 2 is 1.58 bits per heavy atom. The fourth-order valence-electron chi connectivity index (χ4n) is 1.98. The summed E-state index contributed by atoms with van der Waals surface area (Å²) in [6.45, 7) is 0. The highest BCUT2D eigenvalue weighted by molar-refractivity contribution is 6.01. The highest BCUT2D eigenvalue weighted by Gasteiger charge is 2.08. The molecular formula is C18H15N5O. The van der Waals surface area contributed by atoms with Gasteiger partial charge in [-0.15, -0.1) is 0 Å². The Labute approximate surface area is 139 Å². The number of carbonyl (C=O) groups is 1. The fraction of sp³-hybridized carbons (Fsp3) is 0. The Hall–Kier alpha value is -3.54. The molecule has 3 aromatic rings. The lowest BCUT2D eigenvalue weighted by atomic mass is 10.2. The van der Waals surface area contributed by atoms with Gasteiger partial charge in [-0.2, -0.15) is 0 Å². The van der Waals surface area contributed by atoms with E-state index in [0.29, 0.717) is 22.8 Å². The van der Waals surface area contributed by atoms with Crippen molar-refractivity contribution in [2.45, 2.75) is 0 Å². The van der Waals surface area contributed by atoms with Crippen molar-refractivity contribution >= 4 is 17.4 Å². The minimum Gasteiger partial charge on any atom is -0.280 e. The summed E-state index contributed by atoms with van der Waals surface area (Å²) < 4.78 is 0. The normalized spacial score (nSPS) is 10.9. The number of pyridine rings is 2. The number of aromatic nitrogens is 2. The zero-order valence-electron chi connectivity index (χ0n) is 12.8. The lowest BCUT2D eigenvalue weighted by molar-refractivity contribution is 0.0944. The number of aliphatic imine (C=N–C) groups is 1. The monoisotopic (exact) mass is 317 g/mol. The first-order chi connectivity index (χ1) is 11.8. The van der Waals surface area contributed by atoms with Gasteiger partial charge >= 0.3 is 0 Å². The predicted molar refractivity (Wildman–Crippen MR) is 91.7 cm³/mol. The fourth-order valence-corrected chi connectivity index (χ4v) is 1.98. The second-order valence-corrected chi connectivity index (χ2v) is 4.83. The molecule has 24 heavy (non-hydrogen) atoms. The van der Waals surface area contributed by atoms with Crippen LogP contribution >= 0.6 is 0 Å². The van der Waals surface area contributed by atoms with Crippen LogP contribution in [0.4, 0.5) is 5.69 Å². The lowest BCUT2D eigenvalue weighted by Crippen LogP contribution is -2.42. The Morgan fingerprint density at radius 1 is 0.833 bits per heavy atom. The van der Waals surface area contributed by atoms with E-state index >= 15 is 0 Å². The molecule has 1 aromatic carbocycles. The van der Waals surface area contributed by atoms with Crippen LogP contribution in [0.2, 0.25) is 0 Å². The molecule has 0 aliphatic rings. The van der Waals surface area contributed by atoms with Gasteiger partial charge in [-0.3, -0.25) is 25.6 Å². The summed E-state index contributed by atoms with van der Waals surface area (Å²) in [5.74, 6) is 0.181. The molecule has 6 nitrogen and oxygen atoms in total. The SMILES string of the molecule is O=C(NNC(=Nc1ccncc1)c1ccccn1)c1ccccc1. The van der Waals surface area contributed by atoms with E-state index in [9.17, 15) is 4.79 Å². The van der Waals surface area contributed by atoms with Crippen LogP contribution in [0.1, 0.15) is 16.1 Å². The van der Waals surface area contributed by atoms with Gasteiger partial charge in [-0.1, -0.05) is 24.3 Å². The first-order valence-electron chi connectivity index (χ1n) is 7.34. The van der Waals surface area contributed by atoms with E-state index < -0.39 is 0 Å². The Balaban J connectivity index is 1.81. The molecule has 1 amide bonds. The summed E-state index contributed by atoms with van der Waals surface area (Å²) in [4.78, 5) is 24.9. The summed E-state index contributed by atoms with van der Waals surface area (Å²) >= 11 is 0. The maximum atomic E-state index is 12.2. The summed E-state index contributed by atoms with van der Waals surface area (Å²) in [7, 11) is 0. The van der Waals surface area contributed by atoms with Crippen molar-refractivity contribution in [1.82, 2.24) is 20.8 Å². The van der Waals surface area contributed by atoms with E-state index in [1.165, 1.54) is 0 Å². The third-order valence-corrected chi connectivity index (χ3v) is 3.14. The second kappa shape index (κ2) is 7.64. The molecule has 0 spiro atoms. The van der Waals surface area contributed by atoms with E-state index in [0.717, 1.165) is 0 Å². The van der Waals surface area contributed by atoms with Crippen LogP contribution in [-0.2, 0) is 0 Å². The van der Waals surface area contributed by atoms with E-state index in [1.807, 2.05) is 24.3 Å². The number of amidine groups is 1. The molecule has 6 heteroatoms. The van der Waals surface area contributed by atoms with Crippen molar-refractivity contribution in [2.24, 2.45) is 4.99 Å². The number of hydrazine groups is 1. The van der Waals surface area contributed by atoms with Crippen molar-refractivity contribution in [3.05, 3.63) is 90.5 Å². The van der Waals surface area contributed by atoms with Crippen molar-refractivity contribution in [3.8, 4) is 0 Å². The summed E-state index contributed by atoms with van der Waals surface area (Å²) in [6.07, 6.45) is 4.97.